The van der Waals surface area contributed by atoms with E-state index in [-0.39, 0.29) is 23.6 Å². The average molecular weight is 790 g/mol. The van der Waals surface area contributed by atoms with Crippen molar-refractivity contribution >= 4 is 11.9 Å². The Morgan fingerprint density at radius 3 is 1.73 bits per heavy atom. The molecule has 0 saturated heterocycles. The van der Waals surface area contributed by atoms with Crippen LogP contribution in [-0.2, 0) is 28.5 Å². The molecule has 0 aromatic rings. The zero-order valence-corrected chi connectivity index (χ0v) is 37.4. The third kappa shape index (κ3) is 32.3. The lowest BCUT2D eigenvalue weighted by atomic mass is 9.94. The number of unbranched alkanes of at least 4 members (excludes halogenated alkanes) is 19. The molecule has 0 spiro atoms. The fourth-order valence-electron chi connectivity index (χ4n) is 7.62. The second-order valence-electron chi connectivity index (χ2n) is 16.9. The first-order chi connectivity index (χ1) is 27.4. The molecule has 0 N–H and O–H groups in total. The Morgan fingerprint density at radius 1 is 0.554 bits per heavy atom. The molecule has 0 amide bonds. The van der Waals surface area contributed by atoms with Crippen molar-refractivity contribution in [1.29, 1.82) is 0 Å². The van der Waals surface area contributed by atoms with E-state index in [1.54, 1.807) is 0 Å². The Balaban J connectivity index is 2.18. The van der Waals surface area contributed by atoms with Gasteiger partial charge < -0.3 is 23.8 Å². The molecular weight excluding hydrogens is 699 g/mol. The molecule has 328 valence electrons. The zero-order valence-electron chi connectivity index (χ0n) is 37.4. The van der Waals surface area contributed by atoms with Crippen molar-refractivity contribution in [3.05, 3.63) is 24.3 Å². The molecule has 7 heteroatoms. The molecule has 1 aliphatic rings. The maximum absolute atomic E-state index is 13.0. The van der Waals surface area contributed by atoms with Gasteiger partial charge in [-0.1, -0.05) is 160 Å². The number of ether oxygens (including phenoxy) is 4. The van der Waals surface area contributed by atoms with E-state index in [0.717, 1.165) is 103 Å². The molecule has 1 saturated carbocycles. The van der Waals surface area contributed by atoms with Gasteiger partial charge in [-0.05, 0) is 78.3 Å². The molecule has 1 aliphatic carbocycles. The Morgan fingerprint density at radius 2 is 1.11 bits per heavy atom. The molecule has 1 fully saturated rings. The van der Waals surface area contributed by atoms with Gasteiger partial charge in [-0.15, -0.1) is 0 Å². The molecule has 7 nitrogen and oxygen atoms in total. The summed E-state index contributed by atoms with van der Waals surface area (Å²) in [6, 6.07) is 0. The Bertz CT molecular complexity index is 943. The number of hydrogen-bond acceptors (Lipinski definition) is 7. The highest BCUT2D eigenvalue weighted by Crippen LogP contribution is 2.33. The molecule has 0 aliphatic heterocycles. The zero-order chi connectivity index (χ0) is 40.6. The van der Waals surface area contributed by atoms with Gasteiger partial charge in [0.15, 0.2) is 5.79 Å². The summed E-state index contributed by atoms with van der Waals surface area (Å²) in [5.41, 5.74) is 0. The van der Waals surface area contributed by atoms with Crippen molar-refractivity contribution in [1.82, 2.24) is 4.90 Å². The number of esters is 2. The van der Waals surface area contributed by atoms with Gasteiger partial charge in [0.05, 0.1) is 25.7 Å². The molecule has 0 bridgehead atoms. The van der Waals surface area contributed by atoms with Gasteiger partial charge in [0.2, 0.25) is 0 Å². The van der Waals surface area contributed by atoms with Crippen LogP contribution in [-0.4, -0.2) is 69.7 Å². The standard InChI is InChI=1S/C49H91NO6/c1-5-7-9-11-18-24-32-42-53-47(51)38-29-22-17-14-16-21-28-37-46(48(52)54-43-35-41-50(3)4)36-27-20-15-12-13-19-25-34-45-56-49(39-30-26-31-40-49)55-44-33-23-10-8-6-2/h23-24,32-33,46H,5-22,25-31,34-45H2,1-4H3/b32-24-,33-23-. The predicted molar refractivity (Wildman–Crippen MR) is 236 cm³/mol. The third-order valence-corrected chi connectivity index (χ3v) is 11.3. The number of nitrogens with zero attached hydrogens (tertiary/aromatic N) is 1. The highest BCUT2D eigenvalue weighted by atomic mass is 16.7. The van der Waals surface area contributed by atoms with E-state index in [2.05, 4.69) is 51.1 Å². The Labute approximate surface area is 346 Å². The Kier molecular flexibility index (Phi) is 36.2. The second kappa shape index (κ2) is 38.8. The van der Waals surface area contributed by atoms with Crippen molar-refractivity contribution in [2.24, 2.45) is 5.92 Å². The molecule has 1 rings (SSSR count). The summed E-state index contributed by atoms with van der Waals surface area (Å²) in [4.78, 5) is 27.2. The van der Waals surface area contributed by atoms with Gasteiger partial charge in [0.25, 0.3) is 0 Å². The molecule has 1 unspecified atom stereocenters. The van der Waals surface area contributed by atoms with E-state index in [4.69, 9.17) is 18.9 Å². The largest absolute Gasteiger partial charge is 0.465 e. The normalized spacial score (nSPS) is 14.9. The number of rotatable bonds is 40. The van der Waals surface area contributed by atoms with E-state index in [0.29, 0.717) is 26.2 Å². The number of carbonyl (C=O) groups is 2. The van der Waals surface area contributed by atoms with Crippen LogP contribution in [0.25, 0.3) is 0 Å². The molecule has 0 radical (unpaired) electrons. The van der Waals surface area contributed by atoms with Crippen molar-refractivity contribution in [2.75, 3.05) is 47.1 Å². The van der Waals surface area contributed by atoms with E-state index in [1.165, 1.54) is 109 Å². The Hall–Kier alpha value is -1.70. The third-order valence-electron chi connectivity index (χ3n) is 11.3. The minimum Gasteiger partial charge on any atom is -0.465 e. The van der Waals surface area contributed by atoms with Gasteiger partial charge in [-0.2, -0.15) is 0 Å². The lowest BCUT2D eigenvalue weighted by molar-refractivity contribution is -0.247. The summed E-state index contributed by atoms with van der Waals surface area (Å²) < 4.78 is 23.8. The molecule has 0 aromatic carbocycles. The van der Waals surface area contributed by atoms with Crippen molar-refractivity contribution in [3.63, 3.8) is 0 Å². The molecule has 56 heavy (non-hydrogen) atoms. The molecule has 0 heterocycles. The molecular formula is C49H91NO6. The lowest BCUT2D eigenvalue weighted by Gasteiger charge is -2.36. The van der Waals surface area contributed by atoms with Crippen LogP contribution in [0.15, 0.2) is 24.3 Å². The minimum absolute atomic E-state index is 0.0178. The summed E-state index contributed by atoms with van der Waals surface area (Å²) in [5, 5.41) is 0. The number of hydrogen-bond donors (Lipinski definition) is 0. The first kappa shape index (κ1) is 52.3. The minimum atomic E-state index is -0.353. The lowest BCUT2D eigenvalue weighted by Crippen LogP contribution is -2.38. The number of carbonyl (C=O) groups excluding carboxylic acids is 2. The first-order valence-electron chi connectivity index (χ1n) is 24.0. The van der Waals surface area contributed by atoms with Crippen LogP contribution >= 0.6 is 0 Å². The van der Waals surface area contributed by atoms with E-state index in [9.17, 15) is 9.59 Å². The SMILES string of the molecule is CCCC/C=C\COC1(OCCCCCCCCCCC(CCCCCCCCCC(=O)OC/C=C\CCCCCC)C(=O)OCCCN(C)C)CCCCC1. The van der Waals surface area contributed by atoms with Crippen LogP contribution in [0.3, 0.4) is 0 Å². The first-order valence-corrected chi connectivity index (χ1v) is 24.0. The van der Waals surface area contributed by atoms with Crippen LogP contribution in [0.4, 0.5) is 0 Å². The summed E-state index contributed by atoms with van der Waals surface area (Å²) >= 11 is 0. The van der Waals surface area contributed by atoms with E-state index in [1.807, 2.05) is 6.08 Å². The summed E-state index contributed by atoms with van der Waals surface area (Å²) in [6.45, 7) is 7.80. The van der Waals surface area contributed by atoms with Crippen LogP contribution in [0.5, 0.6) is 0 Å². The average Bonchev–Trinajstić information content (AvgIpc) is 3.19. The fourth-order valence-corrected chi connectivity index (χ4v) is 7.62. The quantitative estimate of drug-likeness (QED) is 0.0265. The summed E-state index contributed by atoms with van der Waals surface area (Å²) in [7, 11) is 4.11. The van der Waals surface area contributed by atoms with Gasteiger partial charge >= 0.3 is 11.9 Å². The van der Waals surface area contributed by atoms with E-state index < -0.39 is 0 Å². The van der Waals surface area contributed by atoms with Gasteiger partial charge in [0.1, 0.15) is 6.61 Å². The van der Waals surface area contributed by atoms with Crippen molar-refractivity contribution in [3.8, 4) is 0 Å². The van der Waals surface area contributed by atoms with Crippen molar-refractivity contribution < 1.29 is 28.5 Å². The van der Waals surface area contributed by atoms with Crippen LogP contribution < -0.4 is 0 Å². The van der Waals surface area contributed by atoms with Crippen LogP contribution in [0, 0.1) is 5.92 Å². The second-order valence-corrected chi connectivity index (χ2v) is 16.9. The van der Waals surface area contributed by atoms with Crippen LogP contribution in [0.2, 0.25) is 0 Å². The summed E-state index contributed by atoms with van der Waals surface area (Å²) in [6.07, 6.45) is 44.9. The van der Waals surface area contributed by atoms with Crippen molar-refractivity contribution in [2.45, 2.75) is 225 Å². The highest BCUT2D eigenvalue weighted by Gasteiger charge is 2.33. The molecule has 0 aromatic heterocycles. The number of allylic oxidation sites excluding steroid dienone is 2. The van der Waals surface area contributed by atoms with Gasteiger partial charge in [-0.3, -0.25) is 9.59 Å². The smallest absolute Gasteiger partial charge is 0.308 e. The maximum atomic E-state index is 13.0. The van der Waals surface area contributed by atoms with Gasteiger partial charge in [-0.25, -0.2) is 0 Å². The fraction of sp³-hybridized carbons (Fsp3) is 0.878. The molecule has 1 atom stereocenters. The topological polar surface area (TPSA) is 74.3 Å². The van der Waals surface area contributed by atoms with Crippen LogP contribution in [0.1, 0.15) is 219 Å². The van der Waals surface area contributed by atoms with Gasteiger partial charge in [0, 0.05) is 25.8 Å². The van der Waals surface area contributed by atoms with E-state index >= 15 is 0 Å². The summed E-state index contributed by atoms with van der Waals surface area (Å²) in [5.74, 6) is -0.380. The maximum Gasteiger partial charge on any atom is 0.308 e. The predicted octanol–water partition coefficient (Wildman–Crippen LogP) is 13.6. The highest BCUT2D eigenvalue weighted by molar-refractivity contribution is 5.72. The monoisotopic (exact) mass is 790 g/mol.